The van der Waals surface area contributed by atoms with Crippen LogP contribution in [0.4, 0.5) is 5.69 Å². The predicted octanol–water partition coefficient (Wildman–Crippen LogP) is 1.97. The monoisotopic (exact) mass is 220 g/mol. The van der Waals surface area contributed by atoms with Crippen LogP contribution in [0.1, 0.15) is 24.3 Å². The van der Waals surface area contributed by atoms with E-state index in [2.05, 4.69) is 24.1 Å². The fourth-order valence-corrected chi connectivity index (χ4v) is 2.57. The first-order valence-corrected chi connectivity index (χ1v) is 5.86. The number of anilines is 1. The molecule has 1 aromatic rings. The molecule has 0 saturated heterocycles. The molecule has 0 radical (unpaired) electrons. The summed E-state index contributed by atoms with van der Waals surface area (Å²) in [5, 5.41) is 0. The molecule has 0 aliphatic carbocycles. The minimum absolute atomic E-state index is 0.569. The summed E-state index contributed by atoms with van der Waals surface area (Å²) >= 11 is 0. The molecule has 1 heterocycles. The number of hydrogen-bond acceptors (Lipinski definition) is 3. The average Bonchev–Trinajstić information content (AvgIpc) is 2.64. The van der Waals surface area contributed by atoms with Crippen molar-refractivity contribution in [3.8, 4) is 5.75 Å². The quantitative estimate of drug-likeness (QED) is 0.843. The normalized spacial score (nSPS) is 18.7. The van der Waals surface area contributed by atoms with E-state index in [0.717, 1.165) is 31.7 Å². The Morgan fingerprint density at radius 3 is 3.00 bits per heavy atom. The van der Waals surface area contributed by atoms with E-state index in [0.29, 0.717) is 5.92 Å². The molecule has 0 fully saturated rings. The van der Waals surface area contributed by atoms with Crippen molar-refractivity contribution < 1.29 is 4.74 Å². The summed E-state index contributed by atoms with van der Waals surface area (Å²) in [5.74, 6) is 1.59. The number of rotatable bonds is 4. The number of benzene rings is 1. The Kier molecular flexibility index (Phi) is 3.34. The third-order valence-electron chi connectivity index (χ3n) is 3.33. The molecule has 2 N–H and O–H groups in total. The Bertz CT molecular complexity index is 365. The van der Waals surface area contributed by atoms with Gasteiger partial charge >= 0.3 is 0 Å². The first-order chi connectivity index (χ1) is 7.77. The van der Waals surface area contributed by atoms with Gasteiger partial charge in [0.25, 0.3) is 0 Å². The van der Waals surface area contributed by atoms with Crippen molar-refractivity contribution in [3.05, 3.63) is 23.8 Å². The Morgan fingerprint density at radius 1 is 1.50 bits per heavy atom. The molecular formula is C13H20N2O. The van der Waals surface area contributed by atoms with Crippen LogP contribution >= 0.6 is 0 Å². The third-order valence-corrected chi connectivity index (χ3v) is 3.33. The molecule has 1 unspecified atom stereocenters. The SMILES string of the molecule is COc1cccc2c1C(CCCN)CN2C. The summed E-state index contributed by atoms with van der Waals surface area (Å²) in [6.07, 6.45) is 2.23. The standard InChI is InChI=1S/C13H20N2O/c1-15-9-10(5-4-8-14)13-11(15)6-3-7-12(13)16-2/h3,6-7,10H,4-5,8-9,14H2,1-2H3. The highest BCUT2D eigenvalue weighted by molar-refractivity contribution is 5.64. The first-order valence-electron chi connectivity index (χ1n) is 5.86. The molecule has 1 aromatic carbocycles. The van der Waals surface area contributed by atoms with Crippen LogP contribution in [0.2, 0.25) is 0 Å². The van der Waals surface area contributed by atoms with E-state index in [1.807, 2.05) is 6.07 Å². The van der Waals surface area contributed by atoms with Gasteiger partial charge in [0.15, 0.2) is 0 Å². The zero-order chi connectivity index (χ0) is 11.5. The topological polar surface area (TPSA) is 38.5 Å². The zero-order valence-corrected chi connectivity index (χ0v) is 10.1. The van der Waals surface area contributed by atoms with Gasteiger partial charge < -0.3 is 15.4 Å². The number of ether oxygens (including phenoxy) is 1. The van der Waals surface area contributed by atoms with Crippen LogP contribution in [0.5, 0.6) is 5.75 Å². The molecular weight excluding hydrogens is 200 g/mol. The van der Waals surface area contributed by atoms with Crippen LogP contribution in [0, 0.1) is 0 Å². The molecule has 2 rings (SSSR count). The fraction of sp³-hybridized carbons (Fsp3) is 0.538. The van der Waals surface area contributed by atoms with Crippen LogP contribution in [0.15, 0.2) is 18.2 Å². The summed E-state index contributed by atoms with van der Waals surface area (Å²) in [6, 6.07) is 6.27. The second-order valence-electron chi connectivity index (χ2n) is 4.40. The predicted molar refractivity (Wildman–Crippen MR) is 67.3 cm³/mol. The van der Waals surface area contributed by atoms with Crippen LogP contribution in [0.3, 0.4) is 0 Å². The van der Waals surface area contributed by atoms with Crippen molar-refractivity contribution in [1.82, 2.24) is 0 Å². The van der Waals surface area contributed by atoms with Gasteiger partial charge in [-0.3, -0.25) is 0 Å². The lowest BCUT2D eigenvalue weighted by molar-refractivity contribution is 0.406. The molecule has 0 aromatic heterocycles. The highest BCUT2D eigenvalue weighted by Gasteiger charge is 2.28. The molecule has 0 spiro atoms. The smallest absolute Gasteiger partial charge is 0.124 e. The van der Waals surface area contributed by atoms with Crippen LogP contribution in [-0.4, -0.2) is 27.2 Å². The Labute approximate surface area is 97.2 Å². The fourth-order valence-electron chi connectivity index (χ4n) is 2.57. The molecule has 3 nitrogen and oxygen atoms in total. The van der Waals surface area contributed by atoms with Crippen LogP contribution in [-0.2, 0) is 0 Å². The molecule has 16 heavy (non-hydrogen) atoms. The van der Waals surface area contributed by atoms with E-state index >= 15 is 0 Å². The highest BCUT2D eigenvalue weighted by atomic mass is 16.5. The van der Waals surface area contributed by atoms with Gasteiger partial charge in [0.2, 0.25) is 0 Å². The summed E-state index contributed by atoms with van der Waals surface area (Å²) in [6.45, 7) is 1.85. The van der Waals surface area contributed by atoms with E-state index in [9.17, 15) is 0 Å². The third kappa shape index (κ3) is 1.87. The second kappa shape index (κ2) is 4.74. The van der Waals surface area contributed by atoms with E-state index in [-0.39, 0.29) is 0 Å². The maximum atomic E-state index is 5.59. The summed E-state index contributed by atoms with van der Waals surface area (Å²) < 4.78 is 5.46. The van der Waals surface area contributed by atoms with Crippen molar-refractivity contribution in [2.45, 2.75) is 18.8 Å². The Balaban J connectivity index is 2.30. The van der Waals surface area contributed by atoms with Crippen molar-refractivity contribution >= 4 is 5.69 Å². The maximum Gasteiger partial charge on any atom is 0.124 e. The Hall–Kier alpha value is -1.22. The number of hydrogen-bond donors (Lipinski definition) is 1. The summed E-state index contributed by atoms with van der Waals surface area (Å²) in [5.41, 5.74) is 8.26. The van der Waals surface area contributed by atoms with Gasteiger partial charge in [0.1, 0.15) is 5.75 Å². The van der Waals surface area contributed by atoms with E-state index < -0.39 is 0 Å². The van der Waals surface area contributed by atoms with Crippen molar-refractivity contribution in [3.63, 3.8) is 0 Å². The number of likely N-dealkylation sites (N-methyl/N-ethyl adjacent to an activating group) is 1. The summed E-state index contributed by atoms with van der Waals surface area (Å²) in [7, 11) is 3.88. The van der Waals surface area contributed by atoms with Gasteiger partial charge in [0.05, 0.1) is 7.11 Å². The minimum Gasteiger partial charge on any atom is -0.496 e. The molecule has 1 aliphatic rings. The number of nitrogens with zero attached hydrogens (tertiary/aromatic N) is 1. The summed E-state index contributed by atoms with van der Waals surface area (Å²) in [4.78, 5) is 2.30. The molecule has 3 heteroatoms. The number of nitrogens with two attached hydrogens (primary N) is 1. The van der Waals surface area contributed by atoms with Crippen molar-refractivity contribution in [2.75, 3.05) is 32.1 Å². The second-order valence-corrected chi connectivity index (χ2v) is 4.40. The zero-order valence-electron chi connectivity index (χ0n) is 10.1. The van der Waals surface area contributed by atoms with Crippen LogP contribution in [0.25, 0.3) is 0 Å². The number of methoxy groups -OCH3 is 1. The molecule has 88 valence electrons. The highest BCUT2D eigenvalue weighted by Crippen LogP contribution is 2.43. The first kappa shape index (κ1) is 11.3. The van der Waals surface area contributed by atoms with Gasteiger partial charge in [-0.2, -0.15) is 0 Å². The Morgan fingerprint density at radius 2 is 2.31 bits per heavy atom. The van der Waals surface area contributed by atoms with E-state index in [1.165, 1.54) is 11.3 Å². The molecule has 0 saturated carbocycles. The van der Waals surface area contributed by atoms with Gasteiger partial charge in [-0.05, 0) is 31.5 Å². The van der Waals surface area contributed by atoms with Gasteiger partial charge in [-0.15, -0.1) is 0 Å². The largest absolute Gasteiger partial charge is 0.496 e. The molecule has 0 bridgehead atoms. The van der Waals surface area contributed by atoms with Gasteiger partial charge in [-0.1, -0.05) is 6.07 Å². The maximum absolute atomic E-state index is 5.59. The lowest BCUT2D eigenvalue weighted by atomic mass is 9.95. The molecule has 0 amide bonds. The number of fused-ring (bicyclic) bond motifs is 1. The average molecular weight is 220 g/mol. The van der Waals surface area contributed by atoms with Gasteiger partial charge in [-0.25, -0.2) is 0 Å². The molecule has 1 atom stereocenters. The van der Waals surface area contributed by atoms with E-state index in [4.69, 9.17) is 10.5 Å². The van der Waals surface area contributed by atoms with E-state index in [1.54, 1.807) is 7.11 Å². The molecule has 1 aliphatic heterocycles. The van der Waals surface area contributed by atoms with Crippen molar-refractivity contribution in [1.29, 1.82) is 0 Å². The van der Waals surface area contributed by atoms with Crippen molar-refractivity contribution in [2.24, 2.45) is 5.73 Å². The lowest BCUT2D eigenvalue weighted by Crippen LogP contribution is -2.15. The minimum atomic E-state index is 0.569. The lowest BCUT2D eigenvalue weighted by Gasteiger charge is -2.12. The van der Waals surface area contributed by atoms with Crippen LogP contribution < -0.4 is 15.4 Å². The van der Waals surface area contributed by atoms with Gasteiger partial charge in [0, 0.05) is 30.8 Å².